The van der Waals surface area contributed by atoms with E-state index in [0.29, 0.717) is 72.2 Å². The summed E-state index contributed by atoms with van der Waals surface area (Å²) in [5.74, 6) is -1.59. The van der Waals surface area contributed by atoms with Gasteiger partial charge in [-0.05, 0) is 19.8 Å². The second kappa shape index (κ2) is 37.2. The van der Waals surface area contributed by atoms with Gasteiger partial charge in [0.2, 0.25) is 11.8 Å². The second-order valence-corrected chi connectivity index (χ2v) is 13.0. The molecule has 0 aromatic rings. The van der Waals surface area contributed by atoms with Gasteiger partial charge in [0.25, 0.3) is 0 Å². The van der Waals surface area contributed by atoms with E-state index in [1.165, 1.54) is 103 Å². The topological polar surface area (TPSA) is 149 Å². The number of unbranched alkanes of at least 4 members (excludes halogenated alkanes) is 17. The number of aliphatic carboxylic acids is 1. The van der Waals surface area contributed by atoms with Crippen LogP contribution in [0.4, 0.5) is 0 Å². The smallest absolute Gasteiger partial charge is 0.326 e. The highest BCUT2D eigenvalue weighted by Gasteiger charge is 2.20. The van der Waals surface area contributed by atoms with Crippen LogP contribution in [-0.2, 0) is 38.1 Å². The molecular weight excluding hydrogens is 628 g/mol. The molecule has 11 heteroatoms. The van der Waals surface area contributed by atoms with E-state index in [2.05, 4.69) is 17.6 Å². The summed E-state index contributed by atoms with van der Waals surface area (Å²) in [6.07, 6.45) is 23.8. The molecule has 0 aromatic heterocycles. The van der Waals surface area contributed by atoms with Crippen molar-refractivity contribution in [1.82, 2.24) is 10.6 Å². The van der Waals surface area contributed by atoms with Gasteiger partial charge in [-0.3, -0.25) is 14.4 Å². The summed E-state index contributed by atoms with van der Waals surface area (Å²) in [7, 11) is 0. The number of hydrogen-bond acceptors (Lipinski definition) is 8. The number of carbonyl (C=O) groups is 4. The van der Waals surface area contributed by atoms with E-state index in [-0.39, 0.29) is 30.4 Å². The fourth-order valence-electron chi connectivity index (χ4n) is 5.32. The van der Waals surface area contributed by atoms with E-state index in [4.69, 9.17) is 18.9 Å². The predicted octanol–water partition coefficient (Wildman–Crippen LogP) is 6.93. The molecule has 2 amide bonds. The minimum Gasteiger partial charge on any atom is -0.480 e. The van der Waals surface area contributed by atoms with Gasteiger partial charge in [0.15, 0.2) is 0 Å². The van der Waals surface area contributed by atoms with Gasteiger partial charge < -0.3 is 34.7 Å². The third-order valence-corrected chi connectivity index (χ3v) is 8.33. The Labute approximate surface area is 297 Å². The first kappa shape index (κ1) is 46.9. The normalized spacial score (nSPS) is 11.8. The number of ketones is 1. The number of amides is 2. The number of ether oxygens (including phenoxy) is 4. The number of hydrogen-bond donors (Lipinski definition) is 3. The molecule has 1 atom stereocenters. The van der Waals surface area contributed by atoms with Crippen LogP contribution < -0.4 is 10.6 Å². The van der Waals surface area contributed by atoms with Gasteiger partial charge in [0.05, 0.1) is 52.9 Å². The van der Waals surface area contributed by atoms with Crippen LogP contribution in [0.5, 0.6) is 0 Å². The Bertz CT molecular complexity index is 797. The minimum absolute atomic E-state index is 0.00131. The molecule has 0 spiro atoms. The van der Waals surface area contributed by atoms with Crippen LogP contribution >= 0.6 is 0 Å². The van der Waals surface area contributed by atoms with Crippen LogP contribution in [-0.4, -0.2) is 94.1 Å². The van der Waals surface area contributed by atoms with Crippen LogP contribution in [0.15, 0.2) is 0 Å². The first-order valence-electron chi connectivity index (χ1n) is 19.5. The number of carbonyl (C=O) groups excluding carboxylic acids is 3. The maximum atomic E-state index is 12.3. The van der Waals surface area contributed by atoms with Crippen LogP contribution in [0.1, 0.15) is 155 Å². The molecule has 0 saturated carbocycles. The molecule has 49 heavy (non-hydrogen) atoms. The average Bonchev–Trinajstić information content (AvgIpc) is 3.07. The monoisotopic (exact) mass is 701 g/mol. The van der Waals surface area contributed by atoms with Crippen molar-refractivity contribution in [3.8, 4) is 0 Å². The van der Waals surface area contributed by atoms with Crippen LogP contribution in [0, 0.1) is 0 Å². The zero-order valence-corrected chi connectivity index (χ0v) is 31.2. The molecule has 0 aliphatic heterocycles. The van der Waals surface area contributed by atoms with Gasteiger partial charge in [-0.1, -0.05) is 116 Å². The lowest BCUT2D eigenvalue weighted by Gasteiger charge is -2.14. The lowest BCUT2D eigenvalue weighted by molar-refractivity contribution is -0.142. The highest BCUT2D eigenvalue weighted by atomic mass is 16.6. The summed E-state index contributed by atoms with van der Waals surface area (Å²) in [6.45, 7) is 7.32. The van der Waals surface area contributed by atoms with Gasteiger partial charge in [0.1, 0.15) is 11.8 Å². The maximum Gasteiger partial charge on any atom is 0.326 e. The Hall–Kier alpha value is -2.08. The highest BCUT2D eigenvalue weighted by molar-refractivity contribution is 5.84. The van der Waals surface area contributed by atoms with E-state index < -0.39 is 12.0 Å². The largest absolute Gasteiger partial charge is 0.480 e. The van der Waals surface area contributed by atoms with Crippen LogP contribution in [0.3, 0.4) is 0 Å². The molecule has 0 heterocycles. The Morgan fingerprint density at radius 1 is 0.510 bits per heavy atom. The summed E-state index contributed by atoms with van der Waals surface area (Å²) in [6, 6.07) is -1.08. The molecule has 288 valence electrons. The number of carboxylic acid groups (broad SMARTS) is 1. The molecule has 0 aliphatic carbocycles. The Kier molecular flexibility index (Phi) is 35.6. The lowest BCUT2D eigenvalue weighted by atomic mass is 10.0. The SMILES string of the molecule is CCCCCCCCCCCCCCCCCCCCC(=O)N[C@@H](CCC(=O)NCCOCCOCCOCCOCCC(C)=O)C(=O)O. The van der Waals surface area contributed by atoms with Crippen molar-refractivity contribution in [2.24, 2.45) is 0 Å². The molecule has 0 aliphatic rings. The quantitative estimate of drug-likeness (QED) is 0.0581. The molecule has 11 nitrogen and oxygen atoms in total. The Morgan fingerprint density at radius 2 is 0.918 bits per heavy atom. The zero-order chi connectivity index (χ0) is 36.0. The third kappa shape index (κ3) is 37.0. The minimum atomic E-state index is -1.13. The van der Waals surface area contributed by atoms with Crippen molar-refractivity contribution in [1.29, 1.82) is 0 Å². The van der Waals surface area contributed by atoms with E-state index >= 15 is 0 Å². The van der Waals surface area contributed by atoms with E-state index in [0.717, 1.165) is 19.3 Å². The lowest BCUT2D eigenvalue weighted by Crippen LogP contribution is -2.41. The summed E-state index contributed by atoms with van der Waals surface area (Å²) in [5.41, 5.74) is 0. The summed E-state index contributed by atoms with van der Waals surface area (Å²) >= 11 is 0. The molecule has 0 saturated heterocycles. The molecule has 0 unspecified atom stereocenters. The molecule has 0 radical (unpaired) electrons. The maximum absolute atomic E-state index is 12.3. The van der Waals surface area contributed by atoms with Crippen molar-refractivity contribution < 1.29 is 43.2 Å². The van der Waals surface area contributed by atoms with Crippen LogP contribution in [0.25, 0.3) is 0 Å². The summed E-state index contributed by atoms with van der Waals surface area (Å²) in [4.78, 5) is 46.8. The molecule has 0 rings (SSSR count). The molecular formula is C38H72N2O9. The highest BCUT2D eigenvalue weighted by Crippen LogP contribution is 2.14. The van der Waals surface area contributed by atoms with Gasteiger partial charge in [-0.15, -0.1) is 0 Å². The second-order valence-electron chi connectivity index (χ2n) is 13.0. The van der Waals surface area contributed by atoms with E-state index in [9.17, 15) is 24.3 Å². The molecule has 0 aromatic carbocycles. The van der Waals surface area contributed by atoms with Crippen molar-refractivity contribution in [3.63, 3.8) is 0 Å². The summed E-state index contributed by atoms with van der Waals surface area (Å²) < 4.78 is 21.5. The first-order chi connectivity index (χ1) is 23.9. The fraction of sp³-hybridized carbons (Fsp3) is 0.895. The van der Waals surface area contributed by atoms with Crippen molar-refractivity contribution in [2.45, 2.75) is 161 Å². The van der Waals surface area contributed by atoms with E-state index in [1.54, 1.807) is 0 Å². The number of carboxylic acids is 1. The molecule has 0 bridgehead atoms. The van der Waals surface area contributed by atoms with Gasteiger partial charge in [0, 0.05) is 25.8 Å². The number of nitrogens with one attached hydrogen (secondary N) is 2. The van der Waals surface area contributed by atoms with Crippen molar-refractivity contribution in [3.05, 3.63) is 0 Å². The fourth-order valence-corrected chi connectivity index (χ4v) is 5.32. The standard InChI is InChI=1S/C38H72N2O9/c1-3-4-5-6-7-8-9-10-11-12-13-14-15-16-17-18-19-20-21-37(43)40-35(38(44)45)22-23-36(42)39-25-27-47-29-31-49-33-32-48-30-28-46-26-24-34(2)41/h35H,3-33H2,1-2H3,(H,39,42)(H,40,43)(H,44,45)/t35-/m0/s1. The van der Waals surface area contributed by atoms with Crippen molar-refractivity contribution >= 4 is 23.6 Å². The predicted molar refractivity (Wildman–Crippen MR) is 194 cm³/mol. The Balaban J connectivity index is 3.59. The molecule has 0 fully saturated rings. The van der Waals surface area contributed by atoms with Gasteiger partial charge in [-0.2, -0.15) is 0 Å². The average molecular weight is 701 g/mol. The van der Waals surface area contributed by atoms with Crippen LogP contribution in [0.2, 0.25) is 0 Å². The first-order valence-corrected chi connectivity index (χ1v) is 19.5. The van der Waals surface area contributed by atoms with Crippen molar-refractivity contribution in [2.75, 3.05) is 59.4 Å². The van der Waals surface area contributed by atoms with E-state index in [1.807, 2.05) is 0 Å². The summed E-state index contributed by atoms with van der Waals surface area (Å²) in [5, 5.41) is 14.8. The Morgan fingerprint density at radius 3 is 1.35 bits per heavy atom. The number of rotatable bonds is 39. The van der Waals surface area contributed by atoms with Gasteiger partial charge in [-0.25, -0.2) is 4.79 Å². The van der Waals surface area contributed by atoms with Gasteiger partial charge >= 0.3 is 5.97 Å². The number of Topliss-reactive ketones (excluding diaryl/α,β-unsaturated/α-hetero) is 1. The molecule has 3 N–H and O–H groups in total. The third-order valence-electron chi connectivity index (χ3n) is 8.33. The zero-order valence-electron chi connectivity index (χ0n) is 31.2.